The van der Waals surface area contributed by atoms with Crippen molar-refractivity contribution in [1.29, 1.82) is 0 Å². The van der Waals surface area contributed by atoms with E-state index in [0.717, 1.165) is 5.39 Å². The van der Waals surface area contributed by atoms with Crippen LogP contribution in [0.25, 0.3) is 11.0 Å². The summed E-state index contributed by atoms with van der Waals surface area (Å²) in [5, 5.41) is 42.6. The predicted octanol–water partition coefficient (Wildman–Crippen LogP) is -0.391. The molecule has 0 saturated carbocycles. The minimum Gasteiger partial charge on any atom is -0.422 e. The smallest absolute Gasteiger partial charge is 0.349 e. The average Bonchev–Trinajstić information content (AvgIpc) is 2.56. The molecule has 2 aromatic rings. The molecule has 8 nitrogen and oxygen atoms in total. The van der Waals surface area contributed by atoms with Gasteiger partial charge < -0.3 is 34.9 Å². The first-order valence-corrected chi connectivity index (χ1v) is 8.29. The first-order valence-electron chi connectivity index (χ1n) is 7.21. The van der Waals surface area contributed by atoms with Crippen molar-refractivity contribution >= 4 is 39.2 Å². The predicted molar refractivity (Wildman–Crippen MR) is 92.6 cm³/mol. The third kappa shape index (κ3) is 3.27. The van der Waals surface area contributed by atoms with Crippen LogP contribution in [0, 0.1) is 3.57 Å². The third-order valence-corrected chi connectivity index (χ3v) is 4.68. The minimum atomic E-state index is -1.43. The molecule has 1 fully saturated rings. The quantitative estimate of drug-likeness (QED) is 0.316. The lowest BCUT2D eigenvalue weighted by molar-refractivity contribution is -0.245. The van der Waals surface area contributed by atoms with E-state index < -0.39 is 42.9 Å². The molecule has 1 aliphatic heterocycles. The Balaban J connectivity index is 1.86. The zero-order valence-corrected chi connectivity index (χ0v) is 14.5. The summed E-state index contributed by atoms with van der Waals surface area (Å²) in [4.78, 5) is 11.6. The summed E-state index contributed by atoms with van der Waals surface area (Å²) in [6.45, 7) is -0.526. The molecule has 0 bridgehead atoms. The van der Waals surface area contributed by atoms with Gasteiger partial charge >= 0.3 is 5.63 Å². The summed E-state index contributed by atoms with van der Waals surface area (Å²) in [6.07, 6.45) is -5.20. The molecule has 1 aromatic heterocycles. The van der Waals surface area contributed by atoms with E-state index in [-0.39, 0.29) is 0 Å². The van der Waals surface area contributed by atoms with Crippen molar-refractivity contribution < 1.29 is 29.6 Å². The number of aliphatic hydroxyl groups excluding tert-OH is 4. The van der Waals surface area contributed by atoms with Gasteiger partial charge in [0.2, 0.25) is 0 Å². The molecule has 1 aliphatic rings. The number of hydrogen-bond acceptors (Lipinski definition) is 8. The van der Waals surface area contributed by atoms with Gasteiger partial charge in [-0.05, 0) is 40.8 Å². The van der Waals surface area contributed by atoms with Gasteiger partial charge in [-0.1, -0.05) is 0 Å². The Bertz CT molecular complexity index is 795. The summed E-state index contributed by atoms with van der Waals surface area (Å²) >= 11 is 1.89. The van der Waals surface area contributed by atoms with Gasteiger partial charge in [0.05, 0.1) is 10.2 Å². The van der Waals surface area contributed by atoms with Gasteiger partial charge in [0.15, 0.2) is 6.29 Å². The van der Waals surface area contributed by atoms with Crippen LogP contribution < -0.4 is 10.9 Å². The van der Waals surface area contributed by atoms with Crippen LogP contribution in [-0.2, 0) is 4.74 Å². The Hall–Kier alpha value is -1.24. The second-order valence-electron chi connectivity index (χ2n) is 5.53. The number of anilines is 1. The largest absolute Gasteiger partial charge is 0.422 e. The van der Waals surface area contributed by atoms with Crippen LogP contribution in [0.15, 0.2) is 33.5 Å². The van der Waals surface area contributed by atoms with Gasteiger partial charge in [0, 0.05) is 17.1 Å². The van der Waals surface area contributed by atoms with Gasteiger partial charge in [0.1, 0.15) is 29.9 Å². The van der Waals surface area contributed by atoms with Crippen LogP contribution in [0.4, 0.5) is 5.69 Å². The zero-order valence-electron chi connectivity index (χ0n) is 12.3. The highest BCUT2D eigenvalue weighted by Gasteiger charge is 2.43. The number of benzene rings is 1. The molecule has 9 heteroatoms. The van der Waals surface area contributed by atoms with Crippen molar-refractivity contribution in [3.8, 4) is 0 Å². The number of nitrogens with one attached hydrogen (secondary N) is 1. The fourth-order valence-electron chi connectivity index (χ4n) is 2.62. The lowest BCUT2D eigenvalue weighted by atomic mass is 9.97. The number of rotatable bonds is 3. The minimum absolute atomic E-state index is 0.347. The molecule has 2 heterocycles. The van der Waals surface area contributed by atoms with Crippen molar-refractivity contribution in [2.24, 2.45) is 0 Å². The maximum Gasteiger partial charge on any atom is 0.349 e. The highest BCUT2D eigenvalue weighted by Crippen LogP contribution is 2.25. The molecule has 0 amide bonds. The Labute approximate surface area is 149 Å². The number of fused-ring (bicyclic) bond motifs is 1. The fraction of sp³-hybridized carbons (Fsp3) is 0.400. The van der Waals surface area contributed by atoms with E-state index >= 15 is 0 Å². The molecule has 5 N–H and O–H groups in total. The molecule has 5 atom stereocenters. The fourth-order valence-corrected chi connectivity index (χ4v) is 3.07. The first-order chi connectivity index (χ1) is 11.4. The van der Waals surface area contributed by atoms with E-state index in [9.17, 15) is 20.1 Å². The Morgan fingerprint density at radius 1 is 1.17 bits per heavy atom. The summed E-state index contributed by atoms with van der Waals surface area (Å²) in [5.74, 6) is 0. The highest BCUT2D eigenvalue weighted by atomic mass is 127. The van der Waals surface area contributed by atoms with Crippen LogP contribution in [0.2, 0.25) is 0 Å². The van der Waals surface area contributed by atoms with Crippen molar-refractivity contribution in [2.75, 3.05) is 11.9 Å². The van der Waals surface area contributed by atoms with Gasteiger partial charge in [-0.25, -0.2) is 4.79 Å². The van der Waals surface area contributed by atoms with Crippen LogP contribution in [0.1, 0.15) is 0 Å². The lowest BCUT2D eigenvalue weighted by Crippen LogP contribution is -2.61. The zero-order chi connectivity index (χ0) is 17.4. The van der Waals surface area contributed by atoms with E-state index in [4.69, 9.17) is 14.3 Å². The van der Waals surface area contributed by atoms with Crippen LogP contribution >= 0.6 is 22.6 Å². The summed E-state index contributed by atoms with van der Waals surface area (Å²) in [5.41, 5.74) is 0.357. The Kier molecular flexibility index (Phi) is 5.08. The second kappa shape index (κ2) is 6.94. The van der Waals surface area contributed by atoms with Crippen LogP contribution in [-0.4, -0.2) is 57.7 Å². The Morgan fingerprint density at radius 3 is 2.62 bits per heavy atom. The van der Waals surface area contributed by atoms with E-state index in [0.29, 0.717) is 14.8 Å². The lowest BCUT2D eigenvalue weighted by Gasteiger charge is -2.40. The van der Waals surface area contributed by atoms with Crippen molar-refractivity contribution in [2.45, 2.75) is 30.6 Å². The molecule has 24 heavy (non-hydrogen) atoms. The maximum atomic E-state index is 11.6. The molecule has 3 unspecified atom stereocenters. The summed E-state index contributed by atoms with van der Waals surface area (Å²) in [6, 6.07) is 5.63. The van der Waals surface area contributed by atoms with Crippen LogP contribution in [0.5, 0.6) is 0 Å². The highest BCUT2D eigenvalue weighted by molar-refractivity contribution is 14.1. The number of ether oxygens (including phenoxy) is 1. The molecule has 0 aliphatic carbocycles. The normalized spacial score (nSPS) is 30.5. The van der Waals surface area contributed by atoms with Gasteiger partial charge in [-0.2, -0.15) is 0 Å². The standard InChI is InChI=1S/C15H16INO7/c16-8-3-6-1-2-7(4-9(6)23-14(8)21)17-11-13(20)12(19)10(5-18)24-15(11)22/h1-4,10-13,15,17-20,22H,5H2/t10?,11?,12-,13-,15?/m1/s1. The molecule has 0 radical (unpaired) electrons. The monoisotopic (exact) mass is 449 g/mol. The van der Waals surface area contributed by atoms with Crippen molar-refractivity contribution in [1.82, 2.24) is 0 Å². The number of aliphatic hydroxyl groups is 4. The molecule has 130 valence electrons. The average molecular weight is 449 g/mol. The first kappa shape index (κ1) is 17.6. The topological polar surface area (TPSA) is 132 Å². The van der Waals surface area contributed by atoms with E-state index in [1.807, 2.05) is 22.6 Å². The summed E-state index contributed by atoms with van der Waals surface area (Å²) in [7, 11) is 0. The summed E-state index contributed by atoms with van der Waals surface area (Å²) < 4.78 is 10.7. The molecular weight excluding hydrogens is 433 g/mol. The van der Waals surface area contributed by atoms with Gasteiger partial charge in [-0.15, -0.1) is 0 Å². The molecule has 0 spiro atoms. The Morgan fingerprint density at radius 2 is 1.92 bits per heavy atom. The molecule has 1 aromatic carbocycles. The van der Waals surface area contributed by atoms with Crippen LogP contribution in [0.3, 0.4) is 0 Å². The SMILES string of the molecule is O=c1oc2cc(NC3C(O)OC(CO)[C@@H](O)[C@@H]3O)ccc2cc1I. The number of halogens is 1. The van der Waals surface area contributed by atoms with Crippen molar-refractivity contribution in [3.63, 3.8) is 0 Å². The third-order valence-electron chi connectivity index (χ3n) is 3.93. The van der Waals surface area contributed by atoms with E-state index in [1.165, 1.54) is 0 Å². The number of hydrogen-bond donors (Lipinski definition) is 5. The van der Waals surface area contributed by atoms with E-state index in [1.54, 1.807) is 24.3 Å². The van der Waals surface area contributed by atoms with Gasteiger partial charge in [0.25, 0.3) is 0 Å². The second-order valence-corrected chi connectivity index (χ2v) is 6.70. The molecule has 1 saturated heterocycles. The maximum absolute atomic E-state index is 11.6. The van der Waals surface area contributed by atoms with Gasteiger partial charge in [-0.3, -0.25) is 0 Å². The van der Waals surface area contributed by atoms with Crippen molar-refractivity contribution in [3.05, 3.63) is 38.3 Å². The molecular formula is C15H16INO7. The van der Waals surface area contributed by atoms with E-state index in [2.05, 4.69) is 5.32 Å². The molecule has 3 rings (SSSR count).